The van der Waals surface area contributed by atoms with E-state index in [4.69, 9.17) is 5.73 Å². The third-order valence-corrected chi connectivity index (χ3v) is 3.62. The molecule has 18 heavy (non-hydrogen) atoms. The van der Waals surface area contributed by atoms with E-state index < -0.39 is 5.82 Å². The molecule has 0 spiro atoms. The Balaban J connectivity index is 2.09. The number of halogens is 1. The van der Waals surface area contributed by atoms with E-state index in [1.54, 1.807) is 11.0 Å². The zero-order valence-corrected chi connectivity index (χ0v) is 10.7. The fourth-order valence-electron chi connectivity index (χ4n) is 2.19. The topological polar surface area (TPSA) is 46.3 Å². The highest BCUT2D eigenvalue weighted by Gasteiger charge is 2.23. The van der Waals surface area contributed by atoms with Gasteiger partial charge in [-0.1, -0.05) is 6.42 Å². The van der Waals surface area contributed by atoms with E-state index in [-0.39, 0.29) is 11.6 Å². The number of carbonyl (C=O) groups is 1. The second kappa shape index (κ2) is 5.38. The summed E-state index contributed by atoms with van der Waals surface area (Å²) in [4.78, 5) is 14.0. The monoisotopic (exact) mass is 250 g/mol. The summed E-state index contributed by atoms with van der Waals surface area (Å²) in [6, 6.07) is 4.25. The second-order valence-electron chi connectivity index (χ2n) is 4.88. The Bertz CT molecular complexity index is 443. The molecule has 1 aliphatic carbocycles. The molecule has 0 atom stereocenters. The van der Waals surface area contributed by atoms with Gasteiger partial charge in [-0.2, -0.15) is 0 Å². The van der Waals surface area contributed by atoms with Gasteiger partial charge in [0, 0.05) is 18.7 Å². The van der Waals surface area contributed by atoms with Crippen molar-refractivity contribution in [3.05, 3.63) is 29.6 Å². The second-order valence-corrected chi connectivity index (χ2v) is 4.88. The lowest BCUT2D eigenvalue weighted by atomic mass is 9.85. The first kappa shape index (κ1) is 12.9. The minimum Gasteiger partial charge on any atom is -0.396 e. The van der Waals surface area contributed by atoms with Crippen LogP contribution in [0.5, 0.6) is 0 Å². The Morgan fingerprint density at radius 2 is 2.22 bits per heavy atom. The van der Waals surface area contributed by atoms with Crippen molar-refractivity contribution in [2.24, 2.45) is 5.92 Å². The van der Waals surface area contributed by atoms with Gasteiger partial charge in [0.05, 0.1) is 5.69 Å². The van der Waals surface area contributed by atoms with Crippen LogP contribution in [0, 0.1) is 11.7 Å². The molecule has 2 N–H and O–H groups in total. The maximum atomic E-state index is 13.4. The largest absolute Gasteiger partial charge is 0.396 e. The van der Waals surface area contributed by atoms with Gasteiger partial charge in [0.15, 0.2) is 0 Å². The van der Waals surface area contributed by atoms with E-state index in [1.807, 2.05) is 6.92 Å². The molecule has 0 bridgehead atoms. The van der Waals surface area contributed by atoms with Crippen molar-refractivity contribution in [3.8, 4) is 0 Å². The molecule has 1 aromatic rings. The number of anilines is 1. The Labute approximate surface area is 107 Å². The molecule has 1 amide bonds. The summed E-state index contributed by atoms with van der Waals surface area (Å²) in [5.41, 5.74) is 5.86. The molecule has 0 aliphatic heterocycles. The molecule has 3 nitrogen and oxygen atoms in total. The van der Waals surface area contributed by atoms with Gasteiger partial charge in [-0.3, -0.25) is 4.79 Å². The van der Waals surface area contributed by atoms with Crippen LogP contribution in [0.15, 0.2) is 18.2 Å². The van der Waals surface area contributed by atoms with E-state index in [9.17, 15) is 9.18 Å². The quantitative estimate of drug-likeness (QED) is 0.835. The Kier molecular flexibility index (Phi) is 3.84. The average Bonchev–Trinajstić information content (AvgIpc) is 2.31. The first-order chi connectivity index (χ1) is 8.61. The molecule has 1 saturated carbocycles. The van der Waals surface area contributed by atoms with Crippen LogP contribution < -0.4 is 5.73 Å². The van der Waals surface area contributed by atoms with Crippen molar-refractivity contribution >= 4 is 11.6 Å². The molecule has 1 aliphatic rings. The average molecular weight is 250 g/mol. The van der Waals surface area contributed by atoms with Gasteiger partial charge >= 0.3 is 0 Å². The number of nitrogens with two attached hydrogens (primary N) is 1. The van der Waals surface area contributed by atoms with Crippen molar-refractivity contribution in [3.63, 3.8) is 0 Å². The summed E-state index contributed by atoms with van der Waals surface area (Å²) in [5, 5.41) is 0. The third-order valence-electron chi connectivity index (χ3n) is 3.62. The SMILES string of the molecule is CCN(CC1CCC1)C(=O)c1ccc(N)c(F)c1. The lowest BCUT2D eigenvalue weighted by molar-refractivity contribution is 0.0706. The molecule has 1 fully saturated rings. The maximum absolute atomic E-state index is 13.4. The zero-order valence-electron chi connectivity index (χ0n) is 10.7. The molecule has 0 unspecified atom stereocenters. The fraction of sp³-hybridized carbons (Fsp3) is 0.500. The molecule has 2 rings (SSSR count). The summed E-state index contributed by atoms with van der Waals surface area (Å²) < 4.78 is 13.4. The van der Waals surface area contributed by atoms with E-state index >= 15 is 0 Å². The number of hydrogen-bond acceptors (Lipinski definition) is 2. The van der Waals surface area contributed by atoms with Gasteiger partial charge in [0.25, 0.3) is 5.91 Å². The number of rotatable bonds is 4. The van der Waals surface area contributed by atoms with Gasteiger partial charge in [-0.15, -0.1) is 0 Å². The Morgan fingerprint density at radius 3 is 2.72 bits per heavy atom. The van der Waals surface area contributed by atoms with Crippen molar-refractivity contribution in [2.75, 3.05) is 18.8 Å². The lowest BCUT2D eigenvalue weighted by Crippen LogP contribution is -2.37. The molecule has 98 valence electrons. The van der Waals surface area contributed by atoms with E-state index in [0.29, 0.717) is 18.0 Å². The number of hydrogen-bond donors (Lipinski definition) is 1. The predicted octanol–water partition coefficient (Wildman–Crippen LogP) is 2.67. The van der Waals surface area contributed by atoms with Gasteiger partial charge in [-0.05, 0) is 43.9 Å². The van der Waals surface area contributed by atoms with Crippen LogP contribution in [-0.2, 0) is 0 Å². The van der Waals surface area contributed by atoms with Crippen LogP contribution in [0.2, 0.25) is 0 Å². The van der Waals surface area contributed by atoms with Gasteiger partial charge in [-0.25, -0.2) is 4.39 Å². The smallest absolute Gasteiger partial charge is 0.253 e. The molecular weight excluding hydrogens is 231 g/mol. The first-order valence-electron chi connectivity index (χ1n) is 6.46. The van der Waals surface area contributed by atoms with Crippen molar-refractivity contribution < 1.29 is 9.18 Å². The summed E-state index contributed by atoms with van der Waals surface area (Å²) >= 11 is 0. The zero-order chi connectivity index (χ0) is 13.1. The van der Waals surface area contributed by atoms with Gasteiger partial charge in [0.1, 0.15) is 5.82 Å². The molecule has 0 saturated heterocycles. The third kappa shape index (κ3) is 2.63. The number of nitrogens with zero attached hydrogens (tertiary/aromatic N) is 1. The van der Waals surface area contributed by atoms with Gasteiger partial charge in [0.2, 0.25) is 0 Å². The first-order valence-corrected chi connectivity index (χ1v) is 6.46. The molecule has 4 heteroatoms. The highest BCUT2D eigenvalue weighted by molar-refractivity contribution is 5.94. The minimum atomic E-state index is -0.527. The molecule has 0 heterocycles. The van der Waals surface area contributed by atoms with Crippen LogP contribution in [0.4, 0.5) is 10.1 Å². The highest BCUT2D eigenvalue weighted by atomic mass is 19.1. The summed E-state index contributed by atoms with van der Waals surface area (Å²) in [6.07, 6.45) is 3.65. The van der Waals surface area contributed by atoms with Gasteiger partial charge < -0.3 is 10.6 Å². The number of carbonyl (C=O) groups excluding carboxylic acids is 1. The molecule has 0 aromatic heterocycles. The maximum Gasteiger partial charge on any atom is 0.253 e. The fourth-order valence-corrected chi connectivity index (χ4v) is 2.19. The molecule has 1 aromatic carbocycles. The molecule has 0 radical (unpaired) electrons. The standard InChI is InChI=1S/C14H19FN2O/c1-2-17(9-10-4-3-5-10)14(18)11-6-7-13(16)12(15)8-11/h6-8,10H,2-5,9,16H2,1H3. The summed E-state index contributed by atoms with van der Waals surface area (Å²) in [7, 11) is 0. The van der Waals surface area contributed by atoms with Crippen molar-refractivity contribution in [1.82, 2.24) is 4.90 Å². The lowest BCUT2D eigenvalue weighted by Gasteiger charge is -2.31. The van der Waals surface area contributed by atoms with Crippen LogP contribution in [0.3, 0.4) is 0 Å². The van der Waals surface area contributed by atoms with Crippen LogP contribution in [0.1, 0.15) is 36.5 Å². The number of benzene rings is 1. The van der Waals surface area contributed by atoms with E-state index in [1.165, 1.54) is 31.4 Å². The minimum absolute atomic E-state index is 0.0774. The predicted molar refractivity (Wildman–Crippen MR) is 69.7 cm³/mol. The summed E-state index contributed by atoms with van der Waals surface area (Å²) in [6.45, 7) is 3.38. The summed E-state index contributed by atoms with van der Waals surface area (Å²) in [5.74, 6) is -0.0172. The van der Waals surface area contributed by atoms with E-state index in [0.717, 1.165) is 6.54 Å². The van der Waals surface area contributed by atoms with Crippen molar-refractivity contribution in [1.29, 1.82) is 0 Å². The highest BCUT2D eigenvalue weighted by Crippen LogP contribution is 2.27. The number of nitrogen functional groups attached to an aromatic ring is 1. The van der Waals surface area contributed by atoms with E-state index in [2.05, 4.69) is 0 Å². The Hall–Kier alpha value is -1.58. The number of amides is 1. The van der Waals surface area contributed by atoms with Crippen LogP contribution in [-0.4, -0.2) is 23.9 Å². The van der Waals surface area contributed by atoms with Crippen molar-refractivity contribution in [2.45, 2.75) is 26.2 Å². The van der Waals surface area contributed by atoms with Crippen LogP contribution in [0.25, 0.3) is 0 Å². The normalized spacial score (nSPS) is 15.2. The molecular formula is C14H19FN2O. The van der Waals surface area contributed by atoms with Crippen LogP contribution >= 0.6 is 0 Å². The Morgan fingerprint density at radius 1 is 1.50 bits per heavy atom.